The number of benzene rings is 6. The molecule has 2 heterocycles. The Kier molecular flexibility index (Phi) is 5.91. The van der Waals surface area contributed by atoms with Crippen LogP contribution in [0.25, 0.3) is 66.1 Å². The Morgan fingerprint density at radius 3 is 1.11 bits per heavy atom. The van der Waals surface area contributed by atoms with Crippen molar-refractivity contribution < 1.29 is 0 Å². The molecule has 46 heavy (non-hydrogen) atoms. The molecular formula is C40H20N6. The molecule has 0 aliphatic carbocycles. The van der Waals surface area contributed by atoms with Gasteiger partial charge in [0, 0.05) is 32.7 Å². The molecule has 0 saturated heterocycles. The number of hydrogen-bond acceptors (Lipinski definition) is 4. The van der Waals surface area contributed by atoms with Crippen LogP contribution in [0.5, 0.6) is 0 Å². The van der Waals surface area contributed by atoms with Crippen LogP contribution in [0.1, 0.15) is 22.3 Å². The summed E-state index contributed by atoms with van der Waals surface area (Å²) in [6, 6.07) is 47.9. The van der Waals surface area contributed by atoms with E-state index in [2.05, 4.69) is 45.5 Å². The maximum Gasteiger partial charge on any atom is 0.0991 e. The van der Waals surface area contributed by atoms with Gasteiger partial charge in [0.25, 0.3) is 0 Å². The van der Waals surface area contributed by atoms with E-state index in [4.69, 9.17) is 0 Å². The highest BCUT2D eigenvalue weighted by Gasteiger charge is 2.21. The summed E-state index contributed by atoms with van der Waals surface area (Å²) in [7, 11) is 0. The zero-order valence-corrected chi connectivity index (χ0v) is 24.2. The quantitative estimate of drug-likeness (QED) is 0.207. The fourth-order valence-corrected chi connectivity index (χ4v) is 6.64. The van der Waals surface area contributed by atoms with Crippen molar-refractivity contribution >= 4 is 43.6 Å². The first-order chi connectivity index (χ1) is 22.6. The standard InChI is InChI=1S/C40H20N6/c41-21-25-9-13-37-31(17-25)29-5-1-3-7-35(29)45(37)39-15-11-27(23-43)19-33(39)34-20-28(24-44)12-16-40(34)46-36-8-4-2-6-30(36)32-18-26(22-42)10-14-38(32)46/h1-20H. The summed E-state index contributed by atoms with van der Waals surface area (Å²) in [6.45, 7) is 0. The number of hydrogen-bond donors (Lipinski definition) is 0. The van der Waals surface area contributed by atoms with Crippen LogP contribution in [0.2, 0.25) is 0 Å². The molecule has 0 unspecified atom stereocenters. The minimum Gasteiger partial charge on any atom is -0.309 e. The van der Waals surface area contributed by atoms with Gasteiger partial charge in [-0.2, -0.15) is 21.0 Å². The van der Waals surface area contributed by atoms with Crippen molar-refractivity contribution in [3.63, 3.8) is 0 Å². The Hall–Kier alpha value is -7.12. The Labute approximate surface area is 263 Å². The van der Waals surface area contributed by atoms with E-state index in [0.717, 1.165) is 66.1 Å². The maximum atomic E-state index is 10.0. The van der Waals surface area contributed by atoms with E-state index in [1.165, 1.54) is 0 Å². The fourth-order valence-electron chi connectivity index (χ4n) is 6.64. The van der Waals surface area contributed by atoms with Gasteiger partial charge < -0.3 is 9.13 Å². The third-order valence-electron chi connectivity index (χ3n) is 8.63. The molecule has 0 radical (unpaired) electrons. The molecule has 0 amide bonds. The average Bonchev–Trinajstić information content (AvgIpc) is 3.63. The molecular weight excluding hydrogens is 564 g/mol. The highest BCUT2D eigenvalue weighted by molar-refractivity contribution is 6.12. The number of fused-ring (bicyclic) bond motifs is 6. The highest BCUT2D eigenvalue weighted by atomic mass is 15.0. The lowest BCUT2D eigenvalue weighted by atomic mass is 9.97. The van der Waals surface area contributed by atoms with Gasteiger partial charge in [-0.05, 0) is 84.9 Å². The second kappa shape index (κ2) is 10.3. The highest BCUT2D eigenvalue weighted by Crippen LogP contribution is 2.41. The number of nitriles is 4. The van der Waals surface area contributed by atoms with Crippen LogP contribution in [-0.4, -0.2) is 9.13 Å². The molecule has 6 nitrogen and oxygen atoms in total. The molecule has 8 aromatic rings. The molecule has 0 fully saturated rings. The van der Waals surface area contributed by atoms with Gasteiger partial charge in [-0.25, -0.2) is 0 Å². The van der Waals surface area contributed by atoms with Gasteiger partial charge in [0.05, 0.1) is 80.0 Å². The van der Waals surface area contributed by atoms with Gasteiger partial charge >= 0.3 is 0 Å². The van der Waals surface area contributed by atoms with Crippen LogP contribution in [0.15, 0.2) is 121 Å². The van der Waals surface area contributed by atoms with Gasteiger partial charge in [0.1, 0.15) is 0 Å². The van der Waals surface area contributed by atoms with E-state index in [0.29, 0.717) is 22.3 Å². The molecule has 6 aromatic carbocycles. The first-order valence-corrected chi connectivity index (χ1v) is 14.6. The molecule has 8 rings (SSSR count). The van der Waals surface area contributed by atoms with Gasteiger partial charge in [-0.1, -0.05) is 36.4 Å². The molecule has 0 spiro atoms. The summed E-state index contributed by atoms with van der Waals surface area (Å²) in [5.41, 5.74) is 9.09. The smallest absolute Gasteiger partial charge is 0.0991 e. The number of nitrogens with zero attached hydrogens (tertiary/aromatic N) is 6. The molecule has 210 valence electrons. The van der Waals surface area contributed by atoms with E-state index < -0.39 is 0 Å². The van der Waals surface area contributed by atoms with E-state index in [1.807, 2.05) is 97.1 Å². The lowest BCUT2D eigenvalue weighted by Crippen LogP contribution is -2.02. The summed E-state index contributed by atoms with van der Waals surface area (Å²) >= 11 is 0. The number of aromatic nitrogens is 2. The van der Waals surface area contributed by atoms with Crippen molar-refractivity contribution in [3.05, 3.63) is 144 Å². The topological polar surface area (TPSA) is 105 Å². The summed E-state index contributed by atoms with van der Waals surface area (Å²) in [4.78, 5) is 0. The zero-order chi connectivity index (χ0) is 31.4. The summed E-state index contributed by atoms with van der Waals surface area (Å²) in [5, 5.41) is 43.3. The van der Waals surface area contributed by atoms with Crippen molar-refractivity contribution in [2.24, 2.45) is 0 Å². The predicted octanol–water partition coefficient (Wildman–Crippen LogP) is 9.03. The molecule has 0 atom stereocenters. The Balaban J connectivity index is 1.51. The third kappa shape index (κ3) is 3.86. The van der Waals surface area contributed by atoms with Crippen LogP contribution < -0.4 is 0 Å². The van der Waals surface area contributed by atoms with Crippen molar-refractivity contribution in [3.8, 4) is 46.8 Å². The number of para-hydroxylation sites is 2. The zero-order valence-electron chi connectivity index (χ0n) is 24.2. The van der Waals surface area contributed by atoms with Crippen LogP contribution >= 0.6 is 0 Å². The lowest BCUT2D eigenvalue weighted by molar-refractivity contribution is 1.16. The Bertz CT molecular complexity index is 2560. The molecule has 0 aliphatic rings. The Morgan fingerprint density at radius 2 is 0.696 bits per heavy atom. The molecule has 2 aromatic heterocycles. The SMILES string of the molecule is N#Cc1ccc(-n2c3ccccc3c3cc(C#N)ccc32)c(-c2cc(C#N)ccc2-n2c3ccccc3c3cc(C#N)ccc32)c1. The van der Waals surface area contributed by atoms with Crippen LogP contribution in [0.3, 0.4) is 0 Å². The first kappa shape index (κ1) is 26.5. The van der Waals surface area contributed by atoms with Gasteiger partial charge in [0.15, 0.2) is 0 Å². The van der Waals surface area contributed by atoms with E-state index in [1.54, 1.807) is 12.1 Å². The first-order valence-electron chi connectivity index (χ1n) is 14.6. The average molecular weight is 585 g/mol. The molecule has 0 N–H and O–H groups in total. The van der Waals surface area contributed by atoms with Crippen molar-refractivity contribution in [2.75, 3.05) is 0 Å². The third-order valence-corrected chi connectivity index (χ3v) is 8.63. The van der Waals surface area contributed by atoms with Gasteiger partial charge in [-0.3, -0.25) is 0 Å². The largest absolute Gasteiger partial charge is 0.309 e. The van der Waals surface area contributed by atoms with Crippen molar-refractivity contribution in [1.29, 1.82) is 21.0 Å². The minimum absolute atomic E-state index is 0.487. The molecule has 0 aliphatic heterocycles. The lowest BCUT2D eigenvalue weighted by Gasteiger charge is -2.19. The summed E-state index contributed by atoms with van der Waals surface area (Å²) in [5.74, 6) is 0. The normalized spacial score (nSPS) is 11.0. The monoisotopic (exact) mass is 584 g/mol. The second-order valence-corrected chi connectivity index (χ2v) is 11.1. The van der Waals surface area contributed by atoms with E-state index in [9.17, 15) is 21.0 Å². The summed E-state index contributed by atoms with van der Waals surface area (Å²) < 4.78 is 4.33. The predicted molar refractivity (Wildman–Crippen MR) is 179 cm³/mol. The molecule has 6 heteroatoms. The fraction of sp³-hybridized carbons (Fsp3) is 0. The van der Waals surface area contributed by atoms with Crippen LogP contribution in [0, 0.1) is 45.3 Å². The molecule has 0 bridgehead atoms. The van der Waals surface area contributed by atoms with E-state index >= 15 is 0 Å². The maximum absolute atomic E-state index is 10.0. The van der Waals surface area contributed by atoms with E-state index in [-0.39, 0.29) is 0 Å². The minimum atomic E-state index is 0.487. The molecule has 0 saturated carbocycles. The van der Waals surface area contributed by atoms with Crippen molar-refractivity contribution in [2.45, 2.75) is 0 Å². The second-order valence-electron chi connectivity index (χ2n) is 11.1. The number of rotatable bonds is 3. The summed E-state index contributed by atoms with van der Waals surface area (Å²) in [6.07, 6.45) is 0. The Morgan fingerprint density at radius 1 is 0.348 bits per heavy atom. The van der Waals surface area contributed by atoms with Crippen LogP contribution in [0.4, 0.5) is 0 Å². The van der Waals surface area contributed by atoms with Gasteiger partial charge in [-0.15, -0.1) is 0 Å². The van der Waals surface area contributed by atoms with Gasteiger partial charge in [0.2, 0.25) is 0 Å². The van der Waals surface area contributed by atoms with Crippen molar-refractivity contribution in [1.82, 2.24) is 9.13 Å². The van der Waals surface area contributed by atoms with Crippen LogP contribution in [-0.2, 0) is 0 Å².